The zero-order chi connectivity index (χ0) is 12.6. The minimum absolute atomic E-state index is 0.352. The van der Waals surface area contributed by atoms with Crippen LogP contribution in [-0.2, 0) is 9.53 Å². The van der Waals surface area contributed by atoms with Gasteiger partial charge in [-0.25, -0.2) is 13.6 Å². The standard InChI is InChI=1S/C8H10F5NO2/c1-7(10)3-14-2-4(9)5(7)16-6(15)8(11,12)13/h4-5,14H,2-3H2,1H3. The molecule has 1 heterocycles. The quantitative estimate of drug-likeness (QED) is 0.557. The summed E-state index contributed by atoms with van der Waals surface area (Å²) >= 11 is 0. The van der Waals surface area contributed by atoms with Gasteiger partial charge in [0.15, 0.2) is 17.9 Å². The van der Waals surface area contributed by atoms with Crippen LogP contribution in [0.1, 0.15) is 6.92 Å². The lowest BCUT2D eigenvalue weighted by atomic mass is 9.93. The van der Waals surface area contributed by atoms with Crippen molar-refractivity contribution < 1.29 is 31.5 Å². The Kier molecular flexibility index (Phi) is 3.41. The van der Waals surface area contributed by atoms with Crippen LogP contribution < -0.4 is 5.32 Å². The Balaban J connectivity index is 2.74. The van der Waals surface area contributed by atoms with Gasteiger partial charge in [-0.15, -0.1) is 0 Å². The summed E-state index contributed by atoms with van der Waals surface area (Å²) in [6, 6.07) is 0. The first-order valence-corrected chi connectivity index (χ1v) is 4.46. The number of esters is 1. The second-order valence-corrected chi connectivity index (χ2v) is 3.75. The molecule has 0 aromatic carbocycles. The van der Waals surface area contributed by atoms with Gasteiger partial charge in [0.05, 0.1) is 0 Å². The Bertz CT molecular complexity index is 278. The van der Waals surface area contributed by atoms with Gasteiger partial charge < -0.3 is 10.1 Å². The number of piperidine rings is 1. The fourth-order valence-electron chi connectivity index (χ4n) is 1.42. The number of halogens is 5. The van der Waals surface area contributed by atoms with E-state index in [1.807, 2.05) is 0 Å². The lowest BCUT2D eigenvalue weighted by Gasteiger charge is -2.36. The van der Waals surface area contributed by atoms with Crippen molar-refractivity contribution in [3.8, 4) is 0 Å². The van der Waals surface area contributed by atoms with Crippen LogP contribution in [0.5, 0.6) is 0 Å². The van der Waals surface area contributed by atoms with E-state index in [2.05, 4.69) is 10.1 Å². The Labute approximate surface area is 87.9 Å². The number of rotatable bonds is 1. The van der Waals surface area contributed by atoms with Gasteiger partial charge in [-0.1, -0.05) is 0 Å². The van der Waals surface area contributed by atoms with E-state index in [9.17, 15) is 26.7 Å². The lowest BCUT2D eigenvalue weighted by Crippen LogP contribution is -2.59. The van der Waals surface area contributed by atoms with E-state index < -0.39 is 30.1 Å². The molecule has 1 saturated heterocycles. The maximum Gasteiger partial charge on any atom is 0.490 e. The summed E-state index contributed by atoms with van der Waals surface area (Å²) in [6.45, 7) is 0.151. The first-order valence-electron chi connectivity index (χ1n) is 4.46. The second kappa shape index (κ2) is 4.15. The summed E-state index contributed by atoms with van der Waals surface area (Å²) in [7, 11) is 0. The molecule has 0 amide bonds. The van der Waals surface area contributed by atoms with Gasteiger partial charge in [0.25, 0.3) is 0 Å². The fourth-order valence-corrected chi connectivity index (χ4v) is 1.42. The molecule has 3 unspecified atom stereocenters. The van der Waals surface area contributed by atoms with Crippen LogP contribution in [0.15, 0.2) is 0 Å². The zero-order valence-corrected chi connectivity index (χ0v) is 8.28. The van der Waals surface area contributed by atoms with Crippen LogP contribution in [0.25, 0.3) is 0 Å². The molecule has 0 saturated carbocycles. The summed E-state index contributed by atoms with van der Waals surface area (Å²) in [5.74, 6) is -2.58. The molecule has 0 spiro atoms. The van der Waals surface area contributed by atoms with Gasteiger partial charge in [-0.05, 0) is 6.92 Å². The van der Waals surface area contributed by atoms with Gasteiger partial charge in [-0.2, -0.15) is 13.2 Å². The van der Waals surface area contributed by atoms with Crippen molar-refractivity contribution in [2.75, 3.05) is 13.1 Å². The summed E-state index contributed by atoms with van der Waals surface area (Å²) in [5.41, 5.74) is -2.36. The molecule has 1 aliphatic rings. The van der Waals surface area contributed by atoms with E-state index in [-0.39, 0.29) is 13.1 Å². The Morgan fingerprint density at radius 3 is 2.50 bits per heavy atom. The van der Waals surface area contributed by atoms with E-state index in [4.69, 9.17) is 0 Å². The van der Waals surface area contributed by atoms with Gasteiger partial charge >= 0.3 is 12.1 Å². The second-order valence-electron chi connectivity index (χ2n) is 3.75. The maximum absolute atomic E-state index is 13.6. The third-order valence-electron chi connectivity index (χ3n) is 2.20. The molecule has 16 heavy (non-hydrogen) atoms. The number of carbonyl (C=O) groups is 1. The van der Waals surface area contributed by atoms with E-state index >= 15 is 0 Å². The monoisotopic (exact) mass is 247 g/mol. The summed E-state index contributed by atoms with van der Waals surface area (Å²) < 4.78 is 66.1. The van der Waals surface area contributed by atoms with Gasteiger partial charge in [0.2, 0.25) is 0 Å². The smallest absolute Gasteiger partial charge is 0.449 e. The van der Waals surface area contributed by atoms with Crippen LogP contribution in [0.4, 0.5) is 22.0 Å². The minimum Gasteiger partial charge on any atom is -0.449 e. The number of ether oxygens (including phenoxy) is 1. The summed E-state index contributed by atoms with van der Waals surface area (Å²) in [6.07, 6.45) is -9.29. The summed E-state index contributed by atoms with van der Waals surface area (Å²) in [4.78, 5) is 10.5. The highest BCUT2D eigenvalue weighted by atomic mass is 19.4. The molecule has 0 bridgehead atoms. The van der Waals surface area contributed by atoms with E-state index in [0.29, 0.717) is 0 Å². The first kappa shape index (κ1) is 13.1. The molecule has 1 aliphatic heterocycles. The number of nitrogens with one attached hydrogen (secondary N) is 1. The predicted octanol–water partition coefficient (Wildman–Crippen LogP) is 1.13. The molecule has 3 nitrogen and oxygen atoms in total. The van der Waals surface area contributed by atoms with Crippen molar-refractivity contribution in [1.29, 1.82) is 0 Å². The van der Waals surface area contributed by atoms with Crippen LogP contribution in [0.3, 0.4) is 0 Å². The largest absolute Gasteiger partial charge is 0.490 e. The van der Waals surface area contributed by atoms with Crippen molar-refractivity contribution in [3.05, 3.63) is 0 Å². The number of alkyl halides is 5. The van der Waals surface area contributed by atoms with Crippen LogP contribution >= 0.6 is 0 Å². The van der Waals surface area contributed by atoms with Gasteiger partial charge in [0.1, 0.15) is 0 Å². The molecule has 94 valence electrons. The highest BCUT2D eigenvalue weighted by Gasteiger charge is 2.50. The molecule has 1 N–H and O–H groups in total. The molecule has 0 aliphatic carbocycles. The van der Waals surface area contributed by atoms with E-state index in [1.54, 1.807) is 0 Å². The molecule has 1 rings (SSSR count). The molecule has 0 aromatic heterocycles. The topological polar surface area (TPSA) is 38.3 Å². The third kappa shape index (κ3) is 2.81. The maximum atomic E-state index is 13.6. The van der Waals surface area contributed by atoms with Crippen molar-refractivity contribution in [2.45, 2.75) is 31.0 Å². The molecular formula is C8H10F5NO2. The zero-order valence-electron chi connectivity index (χ0n) is 8.28. The van der Waals surface area contributed by atoms with Crippen LogP contribution in [0.2, 0.25) is 0 Å². The first-order chi connectivity index (χ1) is 7.14. The summed E-state index contributed by atoms with van der Waals surface area (Å²) in [5, 5.41) is 2.34. The lowest BCUT2D eigenvalue weighted by molar-refractivity contribution is -0.216. The predicted molar refractivity (Wildman–Crippen MR) is 43.2 cm³/mol. The minimum atomic E-state index is -5.25. The normalized spacial score (nSPS) is 35.9. The molecular weight excluding hydrogens is 237 g/mol. The van der Waals surface area contributed by atoms with E-state index in [1.165, 1.54) is 0 Å². The van der Waals surface area contributed by atoms with E-state index in [0.717, 1.165) is 6.92 Å². The number of hydrogen-bond donors (Lipinski definition) is 1. The Hall–Kier alpha value is -0.920. The molecule has 1 fully saturated rings. The van der Waals surface area contributed by atoms with Crippen molar-refractivity contribution >= 4 is 5.97 Å². The highest BCUT2D eigenvalue weighted by molar-refractivity contribution is 5.75. The Morgan fingerprint density at radius 2 is 2.06 bits per heavy atom. The van der Waals surface area contributed by atoms with Crippen LogP contribution in [0, 0.1) is 0 Å². The van der Waals surface area contributed by atoms with Gasteiger partial charge in [0, 0.05) is 13.1 Å². The average Bonchev–Trinajstić information content (AvgIpc) is 2.09. The molecule has 8 heteroatoms. The highest BCUT2D eigenvalue weighted by Crippen LogP contribution is 2.28. The van der Waals surface area contributed by atoms with Crippen molar-refractivity contribution in [1.82, 2.24) is 5.32 Å². The van der Waals surface area contributed by atoms with Crippen molar-refractivity contribution in [3.63, 3.8) is 0 Å². The van der Waals surface area contributed by atoms with Crippen LogP contribution in [-0.4, -0.2) is 43.2 Å². The third-order valence-corrected chi connectivity index (χ3v) is 2.20. The van der Waals surface area contributed by atoms with Crippen molar-refractivity contribution in [2.24, 2.45) is 0 Å². The SMILES string of the molecule is CC1(F)CNCC(F)C1OC(=O)C(F)(F)F. The average molecular weight is 247 g/mol. The number of hydrogen-bond acceptors (Lipinski definition) is 3. The molecule has 3 atom stereocenters. The fraction of sp³-hybridized carbons (Fsp3) is 0.875. The molecule has 0 radical (unpaired) electrons. The molecule has 0 aromatic rings. The van der Waals surface area contributed by atoms with Gasteiger partial charge in [-0.3, -0.25) is 0 Å². The Morgan fingerprint density at radius 1 is 1.50 bits per heavy atom. The number of carbonyl (C=O) groups excluding carboxylic acids is 1.